The van der Waals surface area contributed by atoms with Crippen molar-refractivity contribution in [3.63, 3.8) is 0 Å². The molecule has 0 radical (unpaired) electrons. The number of rotatable bonds is 3. The first-order valence-corrected chi connectivity index (χ1v) is 8.39. The van der Waals surface area contributed by atoms with E-state index >= 15 is 0 Å². The highest BCUT2D eigenvalue weighted by atomic mass is 79.9. The smallest absolute Gasteiger partial charge is 0.140 e. The van der Waals surface area contributed by atoms with E-state index < -0.39 is 0 Å². The standard InChI is InChI=1S/C17H21BrO2/c1-11-3-2-4-12(7-11)16(19)10-14-9-15(18)8-13-5-6-20-17(13)14/h8-9,11-12H,2-7,10H2,1H3. The Kier molecular flexibility index (Phi) is 4.16. The summed E-state index contributed by atoms with van der Waals surface area (Å²) in [5.74, 6) is 2.31. The Morgan fingerprint density at radius 2 is 2.25 bits per heavy atom. The maximum Gasteiger partial charge on any atom is 0.140 e. The molecule has 1 aliphatic heterocycles. The van der Waals surface area contributed by atoms with Crippen molar-refractivity contribution in [2.24, 2.45) is 11.8 Å². The fourth-order valence-corrected chi connectivity index (χ4v) is 4.09. The number of Topliss-reactive ketones (excluding diaryl/α,β-unsaturated/α-hetero) is 1. The highest BCUT2D eigenvalue weighted by Crippen LogP contribution is 2.35. The number of carbonyl (C=O) groups excluding carboxylic acids is 1. The summed E-state index contributed by atoms with van der Waals surface area (Å²) in [5.41, 5.74) is 2.30. The van der Waals surface area contributed by atoms with E-state index in [4.69, 9.17) is 4.74 Å². The summed E-state index contributed by atoms with van der Waals surface area (Å²) < 4.78 is 6.78. The second-order valence-corrected chi connectivity index (χ2v) is 7.18. The lowest BCUT2D eigenvalue weighted by Crippen LogP contribution is -2.23. The normalized spacial score (nSPS) is 25.1. The van der Waals surface area contributed by atoms with E-state index in [0.29, 0.717) is 18.1 Å². The van der Waals surface area contributed by atoms with E-state index in [2.05, 4.69) is 28.9 Å². The van der Waals surface area contributed by atoms with Crippen LogP contribution in [0.1, 0.15) is 43.7 Å². The van der Waals surface area contributed by atoms with E-state index in [9.17, 15) is 4.79 Å². The van der Waals surface area contributed by atoms with Crippen molar-refractivity contribution in [1.29, 1.82) is 0 Å². The largest absolute Gasteiger partial charge is 0.493 e. The van der Waals surface area contributed by atoms with E-state index in [-0.39, 0.29) is 5.92 Å². The van der Waals surface area contributed by atoms with Crippen molar-refractivity contribution in [2.45, 2.75) is 45.4 Å². The number of benzene rings is 1. The van der Waals surface area contributed by atoms with Gasteiger partial charge in [0.05, 0.1) is 6.61 Å². The minimum absolute atomic E-state index is 0.259. The number of halogens is 1. The Labute approximate surface area is 129 Å². The highest BCUT2D eigenvalue weighted by Gasteiger charge is 2.27. The van der Waals surface area contributed by atoms with Gasteiger partial charge in [-0.1, -0.05) is 35.7 Å². The molecule has 2 aliphatic rings. The third kappa shape index (κ3) is 2.93. The van der Waals surface area contributed by atoms with Crippen LogP contribution < -0.4 is 4.74 Å². The zero-order valence-electron chi connectivity index (χ0n) is 12.0. The molecule has 0 amide bonds. The zero-order valence-corrected chi connectivity index (χ0v) is 13.5. The predicted molar refractivity (Wildman–Crippen MR) is 83.2 cm³/mol. The van der Waals surface area contributed by atoms with Gasteiger partial charge in [-0.15, -0.1) is 0 Å². The fourth-order valence-electron chi connectivity index (χ4n) is 3.54. The summed E-state index contributed by atoms with van der Waals surface area (Å²) in [5, 5.41) is 0. The lowest BCUT2D eigenvalue weighted by atomic mass is 9.79. The van der Waals surface area contributed by atoms with Crippen molar-refractivity contribution in [2.75, 3.05) is 6.61 Å². The highest BCUT2D eigenvalue weighted by molar-refractivity contribution is 9.10. The molecule has 3 rings (SSSR count). The summed E-state index contributed by atoms with van der Waals surface area (Å²) in [7, 11) is 0. The molecule has 0 saturated heterocycles. The molecule has 20 heavy (non-hydrogen) atoms. The number of ether oxygens (including phenoxy) is 1. The number of carbonyl (C=O) groups is 1. The second-order valence-electron chi connectivity index (χ2n) is 6.26. The summed E-state index contributed by atoms with van der Waals surface area (Å²) in [6, 6.07) is 4.16. The van der Waals surface area contributed by atoms with Gasteiger partial charge in [0.25, 0.3) is 0 Å². The third-order valence-corrected chi connectivity index (χ3v) is 5.04. The average Bonchev–Trinajstić information content (AvgIpc) is 2.86. The lowest BCUT2D eigenvalue weighted by molar-refractivity contribution is -0.123. The first kappa shape index (κ1) is 14.1. The average molecular weight is 337 g/mol. The van der Waals surface area contributed by atoms with Crippen molar-refractivity contribution < 1.29 is 9.53 Å². The van der Waals surface area contributed by atoms with Gasteiger partial charge in [-0.05, 0) is 36.5 Å². The second kappa shape index (κ2) is 5.88. The Hall–Kier alpha value is -0.830. The van der Waals surface area contributed by atoms with Crippen LogP contribution in [-0.4, -0.2) is 12.4 Å². The molecule has 1 saturated carbocycles. The molecule has 1 aliphatic carbocycles. The number of fused-ring (bicyclic) bond motifs is 1. The molecule has 1 aromatic rings. The van der Waals surface area contributed by atoms with Crippen molar-refractivity contribution in [3.8, 4) is 5.75 Å². The summed E-state index contributed by atoms with van der Waals surface area (Å²) in [4.78, 5) is 12.6. The van der Waals surface area contributed by atoms with E-state index in [1.165, 1.54) is 18.4 Å². The molecule has 0 bridgehead atoms. The Bertz CT molecular complexity index is 524. The molecular weight excluding hydrogens is 316 g/mol. The van der Waals surface area contributed by atoms with Crippen LogP contribution in [-0.2, 0) is 17.6 Å². The SMILES string of the molecule is CC1CCCC(C(=O)Cc2cc(Br)cc3c2OCC3)C1. The maximum atomic E-state index is 12.6. The number of hydrogen-bond donors (Lipinski definition) is 0. The monoisotopic (exact) mass is 336 g/mol. The minimum Gasteiger partial charge on any atom is -0.493 e. The predicted octanol–water partition coefficient (Wildman–Crippen LogP) is 4.32. The number of hydrogen-bond acceptors (Lipinski definition) is 2. The van der Waals surface area contributed by atoms with Crippen LogP contribution in [0.25, 0.3) is 0 Å². The third-order valence-electron chi connectivity index (χ3n) is 4.58. The molecule has 0 aromatic heterocycles. The van der Waals surface area contributed by atoms with Gasteiger partial charge in [0, 0.05) is 28.8 Å². The van der Waals surface area contributed by atoms with Crippen LogP contribution in [0.2, 0.25) is 0 Å². The van der Waals surface area contributed by atoms with Gasteiger partial charge >= 0.3 is 0 Å². The Morgan fingerprint density at radius 1 is 1.40 bits per heavy atom. The van der Waals surface area contributed by atoms with Crippen LogP contribution >= 0.6 is 15.9 Å². The summed E-state index contributed by atoms with van der Waals surface area (Å²) in [6.07, 6.45) is 6.09. The molecule has 0 spiro atoms. The van der Waals surface area contributed by atoms with Crippen LogP contribution in [0.4, 0.5) is 0 Å². The lowest BCUT2D eigenvalue weighted by Gasteiger charge is -2.25. The first-order valence-electron chi connectivity index (χ1n) is 7.60. The van der Waals surface area contributed by atoms with Crippen molar-refractivity contribution in [3.05, 3.63) is 27.7 Å². The van der Waals surface area contributed by atoms with Gasteiger partial charge in [0.15, 0.2) is 0 Å². The van der Waals surface area contributed by atoms with Gasteiger partial charge in [0.1, 0.15) is 11.5 Å². The molecule has 1 fully saturated rings. The van der Waals surface area contributed by atoms with Gasteiger partial charge in [-0.25, -0.2) is 0 Å². The van der Waals surface area contributed by atoms with E-state index in [1.54, 1.807) is 0 Å². The fraction of sp³-hybridized carbons (Fsp3) is 0.588. The Balaban J connectivity index is 1.76. The zero-order chi connectivity index (χ0) is 14.1. The van der Waals surface area contributed by atoms with Gasteiger partial charge in [-0.2, -0.15) is 0 Å². The van der Waals surface area contributed by atoms with E-state index in [0.717, 1.165) is 41.7 Å². The van der Waals surface area contributed by atoms with Crippen molar-refractivity contribution in [1.82, 2.24) is 0 Å². The van der Waals surface area contributed by atoms with Gasteiger partial charge in [0.2, 0.25) is 0 Å². The van der Waals surface area contributed by atoms with E-state index in [1.807, 2.05) is 6.07 Å². The molecular formula is C17H21BrO2. The molecule has 0 N–H and O–H groups in total. The Morgan fingerprint density at radius 3 is 3.05 bits per heavy atom. The summed E-state index contributed by atoms with van der Waals surface area (Å²) in [6.45, 7) is 3.01. The summed E-state index contributed by atoms with van der Waals surface area (Å²) >= 11 is 3.54. The first-order chi connectivity index (χ1) is 9.63. The van der Waals surface area contributed by atoms with Gasteiger partial charge in [-0.3, -0.25) is 4.79 Å². The van der Waals surface area contributed by atoms with Crippen LogP contribution in [0.3, 0.4) is 0 Å². The molecule has 108 valence electrons. The molecule has 1 heterocycles. The molecule has 3 heteroatoms. The van der Waals surface area contributed by atoms with Crippen LogP contribution in [0.5, 0.6) is 5.75 Å². The number of ketones is 1. The molecule has 2 atom stereocenters. The van der Waals surface area contributed by atoms with Gasteiger partial charge < -0.3 is 4.74 Å². The molecule has 2 nitrogen and oxygen atoms in total. The molecule has 2 unspecified atom stereocenters. The topological polar surface area (TPSA) is 26.3 Å². The van der Waals surface area contributed by atoms with Crippen LogP contribution in [0.15, 0.2) is 16.6 Å². The maximum absolute atomic E-state index is 12.6. The molecule has 1 aromatic carbocycles. The minimum atomic E-state index is 0.259. The van der Waals surface area contributed by atoms with Crippen LogP contribution in [0, 0.1) is 11.8 Å². The van der Waals surface area contributed by atoms with Crippen molar-refractivity contribution >= 4 is 21.7 Å². The quantitative estimate of drug-likeness (QED) is 0.821.